The summed E-state index contributed by atoms with van der Waals surface area (Å²) < 4.78 is 0. The molecule has 0 atom stereocenters. The van der Waals surface area contributed by atoms with Crippen LogP contribution in [0.1, 0.15) is 12.8 Å². The maximum atomic E-state index is 10.0. The number of aliphatic imine (C=N–C) groups is 1. The van der Waals surface area contributed by atoms with Crippen LogP contribution in [0.15, 0.2) is 4.99 Å². The minimum absolute atomic E-state index is 0.0231. The van der Waals surface area contributed by atoms with E-state index in [0.717, 1.165) is 6.42 Å². The Kier molecular flexibility index (Phi) is 0.708. The molecule has 2 nitrogen and oxygen atoms in total. The minimum atomic E-state index is 0.0231. The van der Waals surface area contributed by atoms with Crippen molar-refractivity contribution >= 4 is 12.1 Å². The normalized spacial score (nSPS) is 19.7. The van der Waals surface area contributed by atoms with Crippen LogP contribution in [-0.4, -0.2) is 12.1 Å². The molecule has 0 bridgehead atoms. The minimum Gasteiger partial charge on any atom is -0.273 e. The zero-order valence-corrected chi connectivity index (χ0v) is 3.35. The second kappa shape index (κ2) is 1.20. The van der Waals surface area contributed by atoms with Gasteiger partial charge in [0, 0.05) is 12.6 Å². The third-order valence-corrected chi connectivity index (χ3v) is 0.723. The molecule has 1 aliphatic heterocycles. The molecule has 2 heteroatoms. The molecule has 0 radical (unpaired) electrons. The molecule has 1 aliphatic rings. The Morgan fingerprint density at radius 1 is 1.83 bits per heavy atom. The highest BCUT2D eigenvalue weighted by molar-refractivity contribution is 5.91. The summed E-state index contributed by atoms with van der Waals surface area (Å²) in [7, 11) is 0. The number of carbonyl (C=O) groups is 1. The van der Waals surface area contributed by atoms with Crippen LogP contribution in [0.4, 0.5) is 0 Å². The van der Waals surface area contributed by atoms with Crippen LogP contribution < -0.4 is 0 Å². The van der Waals surface area contributed by atoms with Crippen molar-refractivity contribution in [3.8, 4) is 0 Å². The van der Waals surface area contributed by atoms with Gasteiger partial charge < -0.3 is 0 Å². The highest BCUT2D eigenvalue weighted by Crippen LogP contribution is 1.95. The number of carbonyl (C=O) groups excluding carboxylic acids is 1. The van der Waals surface area contributed by atoms with E-state index in [4.69, 9.17) is 0 Å². The Balaban J connectivity index is 2.59. The van der Waals surface area contributed by atoms with Gasteiger partial charge in [-0.2, -0.15) is 0 Å². The van der Waals surface area contributed by atoms with Crippen LogP contribution in [0.2, 0.25) is 0 Å². The van der Waals surface area contributed by atoms with E-state index >= 15 is 0 Å². The van der Waals surface area contributed by atoms with E-state index in [9.17, 15) is 4.79 Å². The average Bonchev–Trinajstić information content (AvgIpc) is 1.86. The van der Waals surface area contributed by atoms with E-state index in [1.165, 1.54) is 0 Å². The monoisotopic (exact) mass is 83.0 g/mol. The number of amides is 1. The molecule has 1 rings (SSSR count). The number of hydrogen-bond acceptors (Lipinski definition) is 1. The van der Waals surface area contributed by atoms with Crippen molar-refractivity contribution in [2.24, 2.45) is 4.99 Å². The summed E-state index contributed by atoms with van der Waals surface area (Å²) in [6.07, 6.45) is 3.13. The van der Waals surface area contributed by atoms with Gasteiger partial charge >= 0.3 is 0 Å². The van der Waals surface area contributed by atoms with Gasteiger partial charge in [-0.15, -0.1) is 0 Å². The lowest BCUT2D eigenvalue weighted by molar-refractivity contribution is -0.117. The van der Waals surface area contributed by atoms with E-state index in [1.807, 2.05) is 0 Å². The molecule has 0 aromatic heterocycles. The third-order valence-electron chi connectivity index (χ3n) is 0.723. The van der Waals surface area contributed by atoms with Gasteiger partial charge in [0.2, 0.25) is 5.91 Å². The third kappa shape index (κ3) is 0.455. The van der Waals surface area contributed by atoms with Crippen molar-refractivity contribution < 1.29 is 4.79 Å². The average molecular weight is 83.1 g/mol. The zero-order chi connectivity index (χ0) is 4.41. The fraction of sp³-hybridized carbons (Fsp3) is 0.500. The van der Waals surface area contributed by atoms with Crippen molar-refractivity contribution in [3.05, 3.63) is 0 Å². The predicted octanol–water partition coefficient (Wildman–Crippen LogP) is 0.378. The van der Waals surface area contributed by atoms with Crippen LogP contribution in [-0.2, 0) is 4.79 Å². The van der Waals surface area contributed by atoms with Crippen LogP contribution in [0, 0.1) is 0 Å². The van der Waals surface area contributed by atoms with E-state index in [-0.39, 0.29) is 5.91 Å². The van der Waals surface area contributed by atoms with Crippen molar-refractivity contribution in [3.63, 3.8) is 0 Å². The molecular formula is C4H5NO. The summed E-state index contributed by atoms with van der Waals surface area (Å²) in [5, 5.41) is 0. The van der Waals surface area contributed by atoms with Crippen LogP contribution in [0.5, 0.6) is 0 Å². The first-order chi connectivity index (χ1) is 2.89. The highest BCUT2D eigenvalue weighted by Gasteiger charge is 2.00. The fourth-order valence-electron chi connectivity index (χ4n) is 0.419. The highest BCUT2D eigenvalue weighted by atomic mass is 16.1. The molecule has 0 saturated carbocycles. The molecule has 0 aliphatic carbocycles. The van der Waals surface area contributed by atoms with Gasteiger partial charge in [-0.3, -0.25) is 4.79 Å². The second-order valence-corrected chi connectivity index (χ2v) is 1.24. The SMILES string of the molecule is O=C1CCC=N1. The quantitative estimate of drug-likeness (QED) is 0.416. The molecule has 6 heavy (non-hydrogen) atoms. The summed E-state index contributed by atoms with van der Waals surface area (Å²) in [6.45, 7) is 0. The standard InChI is InChI=1S/C4H5NO/c6-4-2-1-3-5-4/h3H,1-2H2. The van der Waals surface area contributed by atoms with Crippen LogP contribution >= 0.6 is 0 Å². The Morgan fingerprint density at radius 2 is 2.67 bits per heavy atom. The van der Waals surface area contributed by atoms with Crippen molar-refractivity contribution in [2.75, 3.05) is 0 Å². The first-order valence-electron chi connectivity index (χ1n) is 1.95. The van der Waals surface area contributed by atoms with Gasteiger partial charge in [0.15, 0.2) is 0 Å². The van der Waals surface area contributed by atoms with Crippen molar-refractivity contribution in [1.82, 2.24) is 0 Å². The summed E-state index contributed by atoms with van der Waals surface area (Å²) in [5.41, 5.74) is 0. The first kappa shape index (κ1) is 3.53. The topological polar surface area (TPSA) is 29.4 Å². The fourth-order valence-corrected chi connectivity index (χ4v) is 0.419. The molecule has 0 N–H and O–H groups in total. The van der Waals surface area contributed by atoms with Crippen molar-refractivity contribution in [1.29, 1.82) is 0 Å². The van der Waals surface area contributed by atoms with Crippen LogP contribution in [0.3, 0.4) is 0 Å². The Morgan fingerprint density at radius 3 is 2.83 bits per heavy atom. The molecule has 1 amide bonds. The van der Waals surface area contributed by atoms with Gasteiger partial charge in [0.25, 0.3) is 0 Å². The molecular weight excluding hydrogens is 78.0 g/mol. The molecule has 0 fully saturated rings. The Hall–Kier alpha value is -0.660. The molecule has 1 heterocycles. The molecule has 32 valence electrons. The number of rotatable bonds is 0. The number of hydrogen-bond donors (Lipinski definition) is 0. The van der Waals surface area contributed by atoms with Gasteiger partial charge in [-0.25, -0.2) is 4.99 Å². The van der Waals surface area contributed by atoms with Gasteiger partial charge in [0.1, 0.15) is 0 Å². The molecule has 0 unspecified atom stereocenters. The van der Waals surface area contributed by atoms with Gasteiger partial charge in [-0.05, 0) is 6.42 Å². The summed E-state index contributed by atoms with van der Waals surface area (Å²) in [6, 6.07) is 0. The zero-order valence-electron chi connectivity index (χ0n) is 3.35. The lowest BCUT2D eigenvalue weighted by Gasteiger charge is -1.69. The maximum absolute atomic E-state index is 10.0. The second-order valence-electron chi connectivity index (χ2n) is 1.24. The lowest BCUT2D eigenvalue weighted by Crippen LogP contribution is -1.79. The van der Waals surface area contributed by atoms with E-state index in [2.05, 4.69) is 4.99 Å². The summed E-state index contributed by atoms with van der Waals surface area (Å²) >= 11 is 0. The van der Waals surface area contributed by atoms with Crippen molar-refractivity contribution in [2.45, 2.75) is 12.8 Å². The summed E-state index contributed by atoms with van der Waals surface area (Å²) in [5.74, 6) is 0.0231. The van der Waals surface area contributed by atoms with Crippen LogP contribution in [0.25, 0.3) is 0 Å². The lowest BCUT2D eigenvalue weighted by atomic mass is 10.4. The Labute approximate surface area is 35.9 Å². The molecule has 0 aromatic rings. The largest absolute Gasteiger partial charge is 0.273 e. The Bertz CT molecular complexity index is 95.7. The summed E-state index contributed by atoms with van der Waals surface area (Å²) in [4.78, 5) is 13.5. The first-order valence-corrected chi connectivity index (χ1v) is 1.95. The van der Waals surface area contributed by atoms with E-state index in [1.54, 1.807) is 6.21 Å². The van der Waals surface area contributed by atoms with E-state index < -0.39 is 0 Å². The smallest absolute Gasteiger partial charge is 0.245 e. The van der Waals surface area contributed by atoms with Gasteiger partial charge in [-0.1, -0.05) is 0 Å². The molecule has 0 saturated heterocycles. The van der Waals surface area contributed by atoms with Gasteiger partial charge in [0.05, 0.1) is 0 Å². The van der Waals surface area contributed by atoms with E-state index in [0.29, 0.717) is 6.42 Å². The predicted molar refractivity (Wildman–Crippen MR) is 22.7 cm³/mol. The molecule has 0 aromatic carbocycles. The number of nitrogens with zero attached hydrogens (tertiary/aromatic N) is 1. The maximum Gasteiger partial charge on any atom is 0.245 e. The molecule has 0 spiro atoms.